The Morgan fingerprint density at radius 2 is 2.04 bits per heavy atom. The van der Waals surface area contributed by atoms with Crippen molar-refractivity contribution in [1.29, 1.82) is 0 Å². The molecule has 0 saturated heterocycles. The van der Waals surface area contributed by atoms with Crippen molar-refractivity contribution < 1.29 is 9.53 Å². The largest absolute Gasteiger partial charge is 0.492 e. The molecule has 1 amide bonds. The molecule has 6 heteroatoms. The van der Waals surface area contributed by atoms with Crippen LogP contribution in [-0.4, -0.2) is 28.5 Å². The maximum absolute atomic E-state index is 12.3. The van der Waals surface area contributed by atoms with E-state index in [1.807, 2.05) is 31.2 Å². The first kappa shape index (κ1) is 16.2. The third-order valence-electron chi connectivity index (χ3n) is 4.01. The van der Waals surface area contributed by atoms with E-state index in [4.69, 9.17) is 4.74 Å². The zero-order chi connectivity index (χ0) is 16.8. The maximum atomic E-state index is 12.3. The van der Waals surface area contributed by atoms with Crippen molar-refractivity contribution in [2.75, 3.05) is 11.9 Å². The van der Waals surface area contributed by atoms with Crippen LogP contribution in [0, 0.1) is 0 Å². The van der Waals surface area contributed by atoms with Gasteiger partial charge in [-0.3, -0.25) is 4.79 Å². The zero-order valence-corrected chi connectivity index (χ0v) is 13.8. The highest BCUT2D eigenvalue weighted by atomic mass is 16.5. The summed E-state index contributed by atoms with van der Waals surface area (Å²) in [6, 6.07) is 9.47. The summed E-state index contributed by atoms with van der Waals surface area (Å²) in [5.41, 5.74) is 1.14. The van der Waals surface area contributed by atoms with Gasteiger partial charge in [-0.25, -0.2) is 9.97 Å². The molecular formula is C18H22N4O2. The van der Waals surface area contributed by atoms with E-state index in [1.165, 1.54) is 12.8 Å². The Kier molecular flexibility index (Phi) is 5.25. The molecule has 1 aliphatic carbocycles. The lowest BCUT2D eigenvalue weighted by molar-refractivity contribution is 0.0933. The number of carbonyl (C=O) groups is 1. The minimum Gasteiger partial charge on any atom is -0.492 e. The molecule has 1 aromatic heterocycles. The Hall–Kier alpha value is -2.63. The number of nitrogens with zero attached hydrogens (tertiary/aromatic N) is 2. The molecule has 3 rings (SSSR count). The van der Waals surface area contributed by atoms with E-state index in [-0.39, 0.29) is 11.9 Å². The van der Waals surface area contributed by atoms with E-state index in [0.29, 0.717) is 18.2 Å². The monoisotopic (exact) mass is 326 g/mol. The van der Waals surface area contributed by atoms with Crippen LogP contribution in [0.2, 0.25) is 0 Å². The van der Waals surface area contributed by atoms with Gasteiger partial charge >= 0.3 is 0 Å². The van der Waals surface area contributed by atoms with E-state index in [0.717, 1.165) is 24.3 Å². The highest BCUT2D eigenvalue weighted by Crippen LogP contribution is 2.26. The Morgan fingerprint density at radius 3 is 2.83 bits per heavy atom. The molecule has 126 valence electrons. The van der Waals surface area contributed by atoms with Crippen LogP contribution in [0.3, 0.4) is 0 Å². The van der Waals surface area contributed by atoms with Crippen molar-refractivity contribution in [2.24, 2.45) is 0 Å². The lowest BCUT2D eigenvalue weighted by Gasteiger charge is -2.13. The van der Waals surface area contributed by atoms with Crippen LogP contribution in [0.5, 0.6) is 5.75 Å². The topological polar surface area (TPSA) is 76.1 Å². The number of amides is 1. The molecule has 1 heterocycles. The van der Waals surface area contributed by atoms with E-state index < -0.39 is 0 Å². The highest BCUT2D eigenvalue weighted by Gasteiger charge is 2.19. The molecule has 2 N–H and O–H groups in total. The lowest BCUT2D eigenvalue weighted by atomic mass is 10.2. The summed E-state index contributed by atoms with van der Waals surface area (Å²) in [6.45, 7) is 2.50. The van der Waals surface area contributed by atoms with Gasteiger partial charge in [-0.2, -0.15) is 0 Å². The summed E-state index contributed by atoms with van der Waals surface area (Å²) >= 11 is 0. The predicted molar refractivity (Wildman–Crippen MR) is 92.6 cm³/mol. The van der Waals surface area contributed by atoms with Crippen LogP contribution in [0.1, 0.15) is 43.1 Å². The van der Waals surface area contributed by atoms with Gasteiger partial charge in [0, 0.05) is 12.2 Å². The first-order valence-electron chi connectivity index (χ1n) is 8.39. The van der Waals surface area contributed by atoms with Gasteiger partial charge in [0.1, 0.15) is 11.4 Å². The Morgan fingerprint density at radius 1 is 1.25 bits per heavy atom. The molecule has 0 unspecified atom stereocenters. The number of hydrogen-bond acceptors (Lipinski definition) is 5. The number of benzene rings is 1. The molecule has 1 aliphatic rings. The van der Waals surface area contributed by atoms with E-state index in [1.54, 1.807) is 12.3 Å². The average molecular weight is 326 g/mol. The number of hydrogen-bond donors (Lipinski definition) is 2. The van der Waals surface area contributed by atoms with Crippen LogP contribution < -0.4 is 15.4 Å². The summed E-state index contributed by atoms with van der Waals surface area (Å²) in [4.78, 5) is 20.8. The minimum atomic E-state index is -0.148. The van der Waals surface area contributed by atoms with Crippen LogP contribution in [-0.2, 0) is 0 Å². The van der Waals surface area contributed by atoms with Gasteiger partial charge in [-0.1, -0.05) is 25.0 Å². The summed E-state index contributed by atoms with van der Waals surface area (Å²) in [5, 5.41) is 6.16. The third kappa shape index (κ3) is 4.01. The SMILES string of the molecule is CCOc1ccccc1Nc1nccc(C(=O)NC2CCCC2)n1. The van der Waals surface area contributed by atoms with Crippen molar-refractivity contribution >= 4 is 17.5 Å². The molecule has 0 radical (unpaired) electrons. The van der Waals surface area contributed by atoms with Gasteiger partial charge in [-0.15, -0.1) is 0 Å². The summed E-state index contributed by atoms with van der Waals surface area (Å²) in [5.74, 6) is 0.955. The Balaban J connectivity index is 1.72. The van der Waals surface area contributed by atoms with Crippen molar-refractivity contribution in [1.82, 2.24) is 15.3 Å². The van der Waals surface area contributed by atoms with E-state index in [2.05, 4.69) is 20.6 Å². The number of nitrogens with one attached hydrogen (secondary N) is 2. The molecular weight excluding hydrogens is 304 g/mol. The highest BCUT2D eigenvalue weighted by molar-refractivity contribution is 5.92. The van der Waals surface area contributed by atoms with Crippen molar-refractivity contribution in [3.05, 3.63) is 42.2 Å². The molecule has 0 atom stereocenters. The number of carbonyl (C=O) groups excluding carboxylic acids is 1. The van der Waals surface area contributed by atoms with Gasteiger partial charge < -0.3 is 15.4 Å². The lowest BCUT2D eigenvalue weighted by Crippen LogP contribution is -2.33. The molecule has 6 nitrogen and oxygen atoms in total. The molecule has 0 spiro atoms. The normalized spacial score (nSPS) is 14.4. The fourth-order valence-electron chi connectivity index (χ4n) is 2.85. The smallest absolute Gasteiger partial charge is 0.270 e. The van der Waals surface area contributed by atoms with Crippen molar-refractivity contribution in [3.8, 4) is 5.75 Å². The standard InChI is InChI=1S/C18H22N4O2/c1-2-24-16-10-6-5-9-14(16)21-18-19-12-11-15(22-18)17(23)20-13-7-3-4-8-13/h5-6,9-13H,2-4,7-8H2,1H3,(H,20,23)(H,19,21,22). The first-order chi connectivity index (χ1) is 11.8. The molecule has 1 fully saturated rings. The Labute approximate surface area is 141 Å². The maximum Gasteiger partial charge on any atom is 0.270 e. The second kappa shape index (κ2) is 7.77. The fraction of sp³-hybridized carbons (Fsp3) is 0.389. The average Bonchev–Trinajstić information content (AvgIpc) is 3.10. The minimum absolute atomic E-state index is 0.148. The van der Waals surface area contributed by atoms with Crippen LogP contribution in [0.4, 0.5) is 11.6 Å². The van der Waals surface area contributed by atoms with Crippen molar-refractivity contribution in [2.45, 2.75) is 38.6 Å². The number of anilines is 2. The summed E-state index contributed by atoms with van der Waals surface area (Å²) < 4.78 is 5.58. The molecule has 1 aromatic carbocycles. The number of rotatable bonds is 6. The van der Waals surface area contributed by atoms with E-state index >= 15 is 0 Å². The second-order valence-electron chi connectivity index (χ2n) is 5.77. The number of para-hydroxylation sites is 2. The summed E-state index contributed by atoms with van der Waals surface area (Å²) in [6.07, 6.45) is 6.03. The Bertz CT molecular complexity index is 699. The first-order valence-corrected chi connectivity index (χ1v) is 8.39. The summed E-state index contributed by atoms with van der Waals surface area (Å²) in [7, 11) is 0. The fourth-order valence-corrected chi connectivity index (χ4v) is 2.85. The van der Waals surface area contributed by atoms with Gasteiger partial charge in [-0.05, 0) is 38.0 Å². The van der Waals surface area contributed by atoms with Gasteiger partial charge in [0.25, 0.3) is 5.91 Å². The van der Waals surface area contributed by atoms with Gasteiger partial charge in [0.05, 0.1) is 12.3 Å². The van der Waals surface area contributed by atoms with Crippen molar-refractivity contribution in [3.63, 3.8) is 0 Å². The zero-order valence-electron chi connectivity index (χ0n) is 13.8. The van der Waals surface area contributed by atoms with Crippen LogP contribution in [0.25, 0.3) is 0 Å². The quantitative estimate of drug-likeness (QED) is 0.852. The van der Waals surface area contributed by atoms with Crippen LogP contribution >= 0.6 is 0 Å². The van der Waals surface area contributed by atoms with E-state index in [9.17, 15) is 4.79 Å². The van der Waals surface area contributed by atoms with Gasteiger partial charge in [0.15, 0.2) is 0 Å². The second-order valence-corrected chi connectivity index (χ2v) is 5.77. The van der Waals surface area contributed by atoms with Gasteiger partial charge in [0.2, 0.25) is 5.95 Å². The predicted octanol–water partition coefficient (Wildman–Crippen LogP) is 3.29. The molecule has 2 aromatic rings. The molecule has 0 aliphatic heterocycles. The molecule has 1 saturated carbocycles. The van der Waals surface area contributed by atoms with Crippen LogP contribution in [0.15, 0.2) is 36.5 Å². The number of aromatic nitrogens is 2. The molecule has 0 bridgehead atoms. The molecule has 24 heavy (non-hydrogen) atoms. The number of ether oxygens (including phenoxy) is 1. The third-order valence-corrected chi connectivity index (χ3v) is 4.01.